The third-order valence-electron chi connectivity index (χ3n) is 3.94. The Morgan fingerprint density at radius 2 is 2.18 bits per heavy atom. The fraction of sp³-hybridized carbons (Fsp3) is 0.500. The molecule has 2 aromatic rings. The standard InChI is InChI=1S/C14H19N3/c1-10(11-4-2-3-5-11)16-13-7-6-12-9-15-17-14(12)8-13/h6-11,16H,2-5H2,1H3,(H,15,17). The number of anilines is 1. The number of hydrogen-bond acceptors (Lipinski definition) is 2. The zero-order valence-electron chi connectivity index (χ0n) is 10.2. The van der Waals surface area contributed by atoms with Crippen LogP contribution in [-0.2, 0) is 0 Å². The Hall–Kier alpha value is -1.51. The molecule has 1 atom stereocenters. The highest BCUT2D eigenvalue weighted by Gasteiger charge is 2.21. The molecule has 0 radical (unpaired) electrons. The highest BCUT2D eigenvalue weighted by Crippen LogP contribution is 2.29. The van der Waals surface area contributed by atoms with Crippen molar-refractivity contribution in [2.75, 3.05) is 5.32 Å². The van der Waals surface area contributed by atoms with Crippen LogP contribution in [0.1, 0.15) is 32.6 Å². The molecule has 1 aliphatic carbocycles. The molecule has 0 bridgehead atoms. The first kappa shape index (κ1) is 10.6. The van der Waals surface area contributed by atoms with Crippen LogP contribution < -0.4 is 5.32 Å². The molecular formula is C14H19N3. The van der Waals surface area contributed by atoms with Crippen LogP contribution >= 0.6 is 0 Å². The van der Waals surface area contributed by atoms with E-state index in [0.717, 1.165) is 11.4 Å². The Morgan fingerprint density at radius 1 is 1.35 bits per heavy atom. The van der Waals surface area contributed by atoms with Gasteiger partial charge in [0.2, 0.25) is 0 Å². The van der Waals surface area contributed by atoms with E-state index in [-0.39, 0.29) is 0 Å². The van der Waals surface area contributed by atoms with Crippen LogP contribution in [0.4, 0.5) is 5.69 Å². The van der Waals surface area contributed by atoms with Crippen LogP contribution in [-0.4, -0.2) is 16.2 Å². The predicted molar refractivity (Wildman–Crippen MR) is 71.1 cm³/mol. The van der Waals surface area contributed by atoms with Gasteiger partial charge in [0.1, 0.15) is 0 Å². The molecule has 1 aromatic heterocycles. The van der Waals surface area contributed by atoms with Crippen molar-refractivity contribution in [3.8, 4) is 0 Å². The average molecular weight is 229 g/mol. The molecule has 1 unspecified atom stereocenters. The topological polar surface area (TPSA) is 40.7 Å². The van der Waals surface area contributed by atoms with Crippen LogP contribution in [0.3, 0.4) is 0 Å². The average Bonchev–Trinajstić information content (AvgIpc) is 2.99. The number of aromatic amines is 1. The number of aromatic nitrogens is 2. The lowest BCUT2D eigenvalue weighted by Crippen LogP contribution is -2.23. The second-order valence-corrected chi connectivity index (χ2v) is 5.15. The second-order valence-electron chi connectivity index (χ2n) is 5.15. The van der Waals surface area contributed by atoms with Crippen LogP contribution in [0.25, 0.3) is 10.9 Å². The third kappa shape index (κ3) is 2.14. The smallest absolute Gasteiger partial charge is 0.0670 e. The number of H-pyrrole nitrogens is 1. The normalized spacial score (nSPS) is 18.6. The van der Waals surface area contributed by atoms with Crippen molar-refractivity contribution < 1.29 is 0 Å². The number of fused-ring (bicyclic) bond motifs is 1. The molecule has 0 aliphatic heterocycles. The van der Waals surface area contributed by atoms with Crippen LogP contribution in [0.2, 0.25) is 0 Å². The molecule has 3 nitrogen and oxygen atoms in total. The molecule has 1 aromatic carbocycles. The molecule has 90 valence electrons. The van der Waals surface area contributed by atoms with E-state index in [1.54, 1.807) is 0 Å². The summed E-state index contributed by atoms with van der Waals surface area (Å²) in [6.07, 6.45) is 7.41. The molecule has 2 N–H and O–H groups in total. The summed E-state index contributed by atoms with van der Waals surface area (Å²) in [7, 11) is 0. The van der Waals surface area contributed by atoms with Gasteiger partial charge < -0.3 is 5.32 Å². The fourth-order valence-corrected chi connectivity index (χ4v) is 2.86. The van der Waals surface area contributed by atoms with Crippen molar-refractivity contribution in [2.45, 2.75) is 38.6 Å². The van der Waals surface area contributed by atoms with Gasteiger partial charge in [0, 0.05) is 17.1 Å². The summed E-state index contributed by atoms with van der Waals surface area (Å²) in [4.78, 5) is 0. The monoisotopic (exact) mass is 229 g/mol. The molecule has 3 rings (SSSR count). The SMILES string of the molecule is CC(Nc1ccc2cn[nH]c2c1)C1CCCC1. The summed E-state index contributed by atoms with van der Waals surface area (Å²) in [5, 5.41) is 11.8. The first-order valence-corrected chi connectivity index (χ1v) is 6.52. The summed E-state index contributed by atoms with van der Waals surface area (Å²) in [6, 6.07) is 6.97. The summed E-state index contributed by atoms with van der Waals surface area (Å²) >= 11 is 0. The molecule has 1 saturated carbocycles. The van der Waals surface area contributed by atoms with E-state index < -0.39 is 0 Å². The van der Waals surface area contributed by atoms with Gasteiger partial charge >= 0.3 is 0 Å². The minimum absolute atomic E-state index is 0.567. The number of benzene rings is 1. The van der Waals surface area contributed by atoms with E-state index in [1.807, 2.05) is 6.20 Å². The maximum absolute atomic E-state index is 4.05. The minimum atomic E-state index is 0.567. The third-order valence-corrected chi connectivity index (χ3v) is 3.94. The van der Waals surface area contributed by atoms with Crippen molar-refractivity contribution in [3.63, 3.8) is 0 Å². The van der Waals surface area contributed by atoms with Crippen molar-refractivity contribution in [1.29, 1.82) is 0 Å². The second kappa shape index (κ2) is 4.40. The van der Waals surface area contributed by atoms with Gasteiger partial charge in [0.25, 0.3) is 0 Å². The van der Waals surface area contributed by atoms with Gasteiger partial charge in [-0.1, -0.05) is 12.8 Å². The Kier molecular flexibility index (Phi) is 2.75. The Bertz CT molecular complexity index is 497. The molecule has 17 heavy (non-hydrogen) atoms. The Balaban J connectivity index is 1.74. The maximum Gasteiger partial charge on any atom is 0.0670 e. The largest absolute Gasteiger partial charge is 0.382 e. The Morgan fingerprint density at radius 3 is 3.00 bits per heavy atom. The maximum atomic E-state index is 4.05. The lowest BCUT2D eigenvalue weighted by atomic mass is 9.99. The molecule has 1 fully saturated rings. The zero-order chi connectivity index (χ0) is 11.7. The Labute approximate surface area is 102 Å². The molecule has 0 amide bonds. The summed E-state index contributed by atoms with van der Waals surface area (Å²) in [5.41, 5.74) is 2.30. The number of hydrogen-bond donors (Lipinski definition) is 2. The van der Waals surface area contributed by atoms with Gasteiger partial charge in [0.05, 0.1) is 11.7 Å². The first-order valence-electron chi connectivity index (χ1n) is 6.52. The molecule has 3 heteroatoms. The van der Waals surface area contributed by atoms with Crippen molar-refractivity contribution >= 4 is 16.6 Å². The number of nitrogens with zero attached hydrogens (tertiary/aromatic N) is 1. The van der Waals surface area contributed by atoms with Gasteiger partial charge in [-0.3, -0.25) is 5.10 Å². The molecule has 0 spiro atoms. The highest BCUT2D eigenvalue weighted by atomic mass is 15.1. The van der Waals surface area contributed by atoms with E-state index in [1.165, 1.54) is 36.8 Å². The van der Waals surface area contributed by atoms with E-state index in [4.69, 9.17) is 0 Å². The predicted octanol–water partition coefficient (Wildman–Crippen LogP) is 3.55. The van der Waals surface area contributed by atoms with Crippen molar-refractivity contribution in [2.24, 2.45) is 5.92 Å². The van der Waals surface area contributed by atoms with Gasteiger partial charge in [-0.15, -0.1) is 0 Å². The van der Waals surface area contributed by atoms with Crippen LogP contribution in [0, 0.1) is 5.92 Å². The van der Waals surface area contributed by atoms with Gasteiger partial charge in [-0.05, 0) is 43.9 Å². The molecule has 1 heterocycles. The molecule has 1 aliphatic rings. The van der Waals surface area contributed by atoms with Crippen LogP contribution in [0.15, 0.2) is 24.4 Å². The zero-order valence-corrected chi connectivity index (χ0v) is 10.2. The first-order chi connectivity index (χ1) is 8.33. The number of rotatable bonds is 3. The van der Waals surface area contributed by atoms with E-state index >= 15 is 0 Å². The van der Waals surface area contributed by atoms with Crippen LogP contribution in [0.5, 0.6) is 0 Å². The van der Waals surface area contributed by atoms with E-state index in [0.29, 0.717) is 6.04 Å². The molecule has 0 saturated heterocycles. The van der Waals surface area contributed by atoms with Gasteiger partial charge in [-0.25, -0.2) is 0 Å². The fourth-order valence-electron chi connectivity index (χ4n) is 2.86. The van der Waals surface area contributed by atoms with Gasteiger partial charge in [0.15, 0.2) is 0 Å². The highest BCUT2D eigenvalue weighted by molar-refractivity contribution is 5.81. The minimum Gasteiger partial charge on any atom is -0.382 e. The summed E-state index contributed by atoms with van der Waals surface area (Å²) in [6.45, 7) is 2.30. The quantitative estimate of drug-likeness (QED) is 0.845. The summed E-state index contributed by atoms with van der Waals surface area (Å²) in [5.74, 6) is 0.840. The lowest BCUT2D eigenvalue weighted by Gasteiger charge is -2.21. The van der Waals surface area contributed by atoms with E-state index in [9.17, 15) is 0 Å². The van der Waals surface area contributed by atoms with Crippen molar-refractivity contribution in [1.82, 2.24) is 10.2 Å². The van der Waals surface area contributed by atoms with E-state index in [2.05, 4.69) is 40.6 Å². The molecular weight excluding hydrogens is 210 g/mol. The lowest BCUT2D eigenvalue weighted by molar-refractivity contribution is 0.482. The summed E-state index contributed by atoms with van der Waals surface area (Å²) < 4.78 is 0. The van der Waals surface area contributed by atoms with Gasteiger partial charge in [-0.2, -0.15) is 5.10 Å². The number of nitrogens with one attached hydrogen (secondary N) is 2. The van der Waals surface area contributed by atoms with Crippen molar-refractivity contribution in [3.05, 3.63) is 24.4 Å².